The van der Waals surface area contributed by atoms with Crippen molar-refractivity contribution in [2.45, 2.75) is 43.4 Å². The van der Waals surface area contributed by atoms with E-state index in [0.29, 0.717) is 23.7 Å². The number of benzene rings is 2. The number of carbonyl (C=O) groups excluding carboxylic acids is 2. The summed E-state index contributed by atoms with van der Waals surface area (Å²) < 4.78 is 12.3. The third-order valence-electron chi connectivity index (χ3n) is 8.23. The van der Waals surface area contributed by atoms with Crippen molar-refractivity contribution in [1.29, 1.82) is 0 Å². The SMILES string of the molecule is CCOC(=O)c1nn(-c2ccc(OC)cc2)c2c1C1(CC1)CN(c1ccc(C3(CN(C)C)CC3)cc1)C2=O. The number of esters is 1. The lowest BCUT2D eigenvalue weighted by molar-refractivity contribution is 0.0516. The minimum atomic E-state index is -0.483. The minimum Gasteiger partial charge on any atom is -0.497 e. The van der Waals surface area contributed by atoms with Gasteiger partial charge in [-0.25, -0.2) is 9.48 Å². The van der Waals surface area contributed by atoms with E-state index in [1.807, 2.05) is 29.2 Å². The van der Waals surface area contributed by atoms with Crippen molar-refractivity contribution in [3.63, 3.8) is 0 Å². The summed E-state index contributed by atoms with van der Waals surface area (Å²) in [6.45, 7) is 3.58. The lowest BCUT2D eigenvalue weighted by atomic mass is 9.88. The molecule has 0 bridgehead atoms. The molecule has 3 aliphatic rings. The maximum absolute atomic E-state index is 14.2. The summed E-state index contributed by atoms with van der Waals surface area (Å²) in [5.41, 5.74) is 4.24. The van der Waals surface area contributed by atoms with Gasteiger partial charge >= 0.3 is 5.97 Å². The van der Waals surface area contributed by atoms with Crippen molar-refractivity contribution in [2.75, 3.05) is 45.8 Å². The van der Waals surface area contributed by atoms with Gasteiger partial charge in [0.25, 0.3) is 5.91 Å². The number of carbonyl (C=O) groups is 2. The van der Waals surface area contributed by atoms with Gasteiger partial charge in [0.2, 0.25) is 0 Å². The van der Waals surface area contributed by atoms with Crippen molar-refractivity contribution >= 4 is 17.6 Å². The summed E-state index contributed by atoms with van der Waals surface area (Å²) in [5, 5.41) is 4.68. The number of hydrogen-bond donors (Lipinski definition) is 0. The Balaban J connectivity index is 1.42. The van der Waals surface area contributed by atoms with E-state index in [1.165, 1.54) is 18.4 Å². The second-order valence-corrected chi connectivity index (χ2v) is 11.1. The molecule has 2 aromatic carbocycles. The average Bonchev–Trinajstić information content (AvgIpc) is 3.83. The molecule has 0 radical (unpaired) electrons. The van der Waals surface area contributed by atoms with Crippen LogP contribution in [0.15, 0.2) is 48.5 Å². The lowest BCUT2D eigenvalue weighted by Gasteiger charge is -2.34. The summed E-state index contributed by atoms with van der Waals surface area (Å²) >= 11 is 0. The fourth-order valence-corrected chi connectivity index (χ4v) is 6.01. The van der Waals surface area contributed by atoms with Crippen molar-refractivity contribution in [2.24, 2.45) is 0 Å². The first-order chi connectivity index (χ1) is 18.3. The quantitative estimate of drug-likeness (QED) is 0.416. The van der Waals surface area contributed by atoms with Crippen LogP contribution in [0.25, 0.3) is 5.69 Å². The van der Waals surface area contributed by atoms with Gasteiger partial charge in [-0.15, -0.1) is 0 Å². The predicted molar refractivity (Wildman–Crippen MR) is 145 cm³/mol. The number of ether oxygens (including phenoxy) is 2. The number of hydrogen-bond acceptors (Lipinski definition) is 6. The Morgan fingerprint density at radius 3 is 2.21 bits per heavy atom. The Kier molecular flexibility index (Phi) is 5.83. The van der Waals surface area contributed by atoms with E-state index in [9.17, 15) is 9.59 Å². The van der Waals surface area contributed by atoms with Crippen molar-refractivity contribution in [3.05, 3.63) is 71.0 Å². The molecule has 6 rings (SSSR count). The summed E-state index contributed by atoms with van der Waals surface area (Å²) in [6, 6.07) is 15.9. The van der Waals surface area contributed by atoms with Crippen LogP contribution in [0.2, 0.25) is 0 Å². The molecule has 0 saturated heterocycles. The van der Waals surface area contributed by atoms with Gasteiger partial charge in [0.15, 0.2) is 5.69 Å². The van der Waals surface area contributed by atoms with E-state index >= 15 is 0 Å². The molecule has 2 saturated carbocycles. The highest BCUT2D eigenvalue weighted by atomic mass is 16.5. The minimum absolute atomic E-state index is 0.154. The first-order valence-electron chi connectivity index (χ1n) is 13.3. The molecule has 198 valence electrons. The zero-order valence-corrected chi connectivity index (χ0v) is 22.5. The van der Waals surface area contributed by atoms with E-state index in [-0.39, 0.29) is 29.0 Å². The van der Waals surface area contributed by atoms with Crippen molar-refractivity contribution in [1.82, 2.24) is 14.7 Å². The number of amides is 1. The predicted octanol–water partition coefficient (Wildman–Crippen LogP) is 4.34. The number of likely N-dealkylation sites (N-methyl/N-ethyl adjacent to an activating group) is 1. The Labute approximate surface area is 223 Å². The van der Waals surface area contributed by atoms with Crippen LogP contribution in [0.1, 0.15) is 64.7 Å². The van der Waals surface area contributed by atoms with E-state index < -0.39 is 5.97 Å². The van der Waals surface area contributed by atoms with E-state index in [1.54, 1.807) is 18.7 Å². The standard InChI is InChI=1S/C30H34N4O4/c1-5-38-28(36)25-24-26(34(31-25)22-10-12-23(37-4)13-11-22)27(35)33(19-30(24)16-17-30)21-8-6-20(7-9-21)29(14-15-29)18-32(2)3/h6-13H,5,14-19H2,1-4H3. The summed E-state index contributed by atoms with van der Waals surface area (Å²) in [4.78, 5) is 31.3. The maximum atomic E-state index is 14.2. The fraction of sp³-hybridized carbons (Fsp3) is 0.433. The number of anilines is 1. The monoisotopic (exact) mass is 514 g/mol. The molecular weight excluding hydrogens is 480 g/mol. The van der Waals surface area contributed by atoms with Crippen molar-refractivity contribution < 1.29 is 19.1 Å². The highest BCUT2D eigenvalue weighted by Gasteiger charge is 2.56. The molecule has 0 unspecified atom stereocenters. The molecule has 1 aromatic heterocycles. The topological polar surface area (TPSA) is 76.9 Å². The lowest BCUT2D eigenvalue weighted by Crippen LogP contribution is -2.44. The maximum Gasteiger partial charge on any atom is 0.359 e. The number of nitrogens with zero attached hydrogens (tertiary/aromatic N) is 4. The molecule has 3 aromatic rings. The fourth-order valence-electron chi connectivity index (χ4n) is 6.01. The first kappa shape index (κ1) is 24.7. The largest absolute Gasteiger partial charge is 0.497 e. The Hall–Kier alpha value is -3.65. The van der Waals surface area contributed by atoms with Crippen LogP contribution in [-0.2, 0) is 15.6 Å². The second kappa shape index (κ2) is 8.98. The molecule has 0 N–H and O–H groups in total. The van der Waals surface area contributed by atoms with Crippen LogP contribution in [-0.4, -0.2) is 67.5 Å². The molecule has 2 heterocycles. The number of rotatable bonds is 8. The molecule has 8 heteroatoms. The van der Waals surface area contributed by atoms with Gasteiger partial charge in [0.05, 0.1) is 19.4 Å². The number of aromatic nitrogens is 2. The third kappa shape index (κ3) is 3.98. The zero-order valence-electron chi connectivity index (χ0n) is 22.5. The van der Waals surface area contributed by atoms with Crippen LogP contribution in [0.3, 0.4) is 0 Å². The van der Waals surface area contributed by atoms with E-state index in [0.717, 1.165) is 30.6 Å². The number of methoxy groups -OCH3 is 1. The highest BCUT2D eigenvalue weighted by molar-refractivity contribution is 6.10. The van der Waals surface area contributed by atoms with Gasteiger partial charge < -0.3 is 19.3 Å². The smallest absolute Gasteiger partial charge is 0.359 e. The van der Waals surface area contributed by atoms with Gasteiger partial charge in [-0.2, -0.15) is 5.10 Å². The Morgan fingerprint density at radius 1 is 1.00 bits per heavy atom. The molecule has 2 fully saturated rings. The second-order valence-electron chi connectivity index (χ2n) is 11.1. The average molecular weight is 515 g/mol. The molecule has 0 atom stereocenters. The molecule has 2 aliphatic carbocycles. The van der Waals surface area contributed by atoms with Gasteiger partial charge in [-0.05, 0) is 88.7 Å². The van der Waals surface area contributed by atoms with Crippen LogP contribution in [0, 0.1) is 0 Å². The summed E-state index contributed by atoms with van der Waals surface area (Å²) in [6.07, 6.45) is 4.18. The van der Waals surface area contributed by atoms with Crippen LogP contribution in [0.5, 0.6) is 5.75 Å². The van der Waals surface area contributed by atoms with Gasteiger partial charge in [-0.1, -0.05) is 12.1 Å². The third-order valence-corrected chi connectivity index (χ3v) is 8.23. The van der Waals surface area contributed by atoms with E-state index in [2.05, 4.69) is 48.4 Å². The molecule has 8 nitrogen and oxygen atoms in total. The van der Waals surface area contributed by atoms with Gasteiger partial charge in [0, 0.05) is 35.2 Å². The Bertz CT molecular complexity index is 1380. The molecule has 38 heavy (non-hydrogen) atoms. The molecule has 1 spiro atoms. The van der Waals surface area contributed by atoms with E-state index in [4.69, 9.17) is 9.47 Å². The number of fused-ring (bicyclic) bond motifs is 2. The molecule has 1 amide bonds. The summed E-state index contributed by atoms with van der Waals surface area (Å²) in [5.74, 6) is 0.0666. The highest BCUT2D eigenvalue weighted by Crippen LogP contribution is 2.55. The molecule has 1 aliphatic heterocycles. The summed E-state index contributed by atoms with van der Waals surface area (Å²) in [7, 11) is 5.84. The van der Waals surface area contributed by atoms with Crippen molar-refractivity contribution in [3.8, 4) is 11.4 Å². The van der Waals surface area contributed by atoms with Crippen LogP contribution < -0.4 is 9.64 Å². The van der Waals surface area contributed by atoms with Crippen LogP contribution >= 0.6 is 0 Å². The van der Waals surface area contributed by atoms with Crippen LogP contribution in [0.4, 0.5) is 5.69 Å². The van der Waals surface area contributed by atoms with Gasteiger partial charge in [-0.3, -0.25) is 4.79 Å². The Morgan fingerprint density at radius 2 is 1.66 bits per heavy atom. The molecular formula is C30H34N4O4. The first-order valence-corrected chi connectivity index (χ1v) is 13.3. The van der Waals surface area contributed by atoms with Gasteiger partial charge in [0.1, 0.15) is 11.4 Å². The zero-order chi connectivity index (χ0) is 26.7. The normalized spacial score (nSPS) is 18.4.